The minimum atomic E-state index is -0.459. The van der Waals surface area contributed by atoms with Crippen LogP contribution in [0.15, 0.2) is 66.7 Å². The Morgan fingerprint density at radius 3 is 2.33 bits per heavy atom. The number of hydrogen-bond donors (Lipinski definition) is 2. The number of hydrogen-bond acceptors (Lipinski definition) is 5. The number of amides is 2. The van der Waals surface area contributed by atoms with E-state index in [0.29, 0.717) is 28.0 Å². The lowest BCUT2D eigenvalue weighted by atomic mass is 9.89. The van der Waals surface area contributed by atoms with Crippen LogP contribution in [0, 0.1) is 0 Å². The zero-order valence-electron chi connectivity index (χ0n) is 22.5. The summed E-state index contributed by atoms with van der Waals surface area (Å²) < 4.78 is 6.74. The molecule has 0 unspecified atom stereocenters. The summed E-state index contributed by atoms with van der Waals surface area (Å²) in [5, 5.41) is 4.81. The van der Waals surface area contributed by atoms with Crippen LogP contribution in [0.3, 0.4) is 0 Å². The molecule has 1 saturated carbocycles. The van der Waals surface area contributed by atoms with Crippen LogP contribution < -0.4 is 15.8 Å². The second-order valence-corrected chi connectivity index (χ2v) is 11.4. The summed E-state index contributed by atoms with van der Waals surface area (Å²) in [6.07, 6.45) is 3.84. The van der Waals surface area contributed by atoms with Gasteiger partial charge in [-0.15, -0.1) is 23.7 Å². The van der Waals surface area contributed by atoms with Gasteiger partial charge in [0.15, 0.2) is 0 Å². The molecule has 1 heterocycles. The minimum absolute atomic E-state index is 0. The van der Waals surface area contributed by atoms with E-state index in [4.69, 9.17) is 22.1 Å². The number of primary amides is 1. The number of carbonyl (C=O) groups excluding carboxylic acids is 2. The van der Waals surface area contributed by atoms with Gasteiger partial charge in [-0.3, -0.25) is 9.59 Å². The number of nitrogens with zero attached hydrogens (tertiary/aromatic N) is 1. The van der Waals surface area contributed by atoms with E-state index in [1.807, 2.05) is 60.5 Å². The Balaban J connectivity index is 0.00000370. The number of fused-ring (bicyclic) bond motifs is 1. The zero-order valence-corrected chi connectivity index (χ0v) is 24.9. The third-order valence-electron chi connectivity index (χ3n) is 7.66. The number of carbonyl (C=O) groups is 2. The Labute approximate surface area is 249 Å². The lowest BCUT2D eigenvalue weighted by Gasteiger charge is -2.37. The third kappa shape index (κ3) is 6.13. The molecule has 2 amide bonds. The molecule has 6 nitrogen and oxygen atoms in total. The number of ether oxygens (including phenoxy) is 1. The highest BCUT2D eigenvalue weighted by Crippen LogP contribution is 2.38. The fourth-order valence-electron chi connectivity index (χ4n) is 5.42. The van der Waals surface area contributed by atoms with Crippen LogP contribution in [0.4, 0.5) is 0 Å². The second-order valence-electron chi connectivity index (χ2n) is 9.94. The predicted octanol–water partition coefficient (Wildman–Crippen LogP) is 6.92. The Bertz CT molecular complexity index is 1500. The van der Waals surface area contributed by atoms with Gasteiger partial charge in [0.1, 0.15) is 10.6 Å². The summed E-state index contributed by atoms with van der Waals surface area (Å²) in [6, 6.07) is 21.6. The van der Waals surface area contributed by atoms with Crippen molar-refractivity contribution < 1.29 is 14.3 Å². The fraction of sp³-hybridized carbons (Fsp3) is 0.290. The highest BCUT2D eigenvalue weighted by molar-refractivity contribution is 7.21. The van der Waals surface area contributed by atoms with Crippen molar-refractivity contribution in [2.75, 3.05) is 14.2 Å². The molecular formula is C31H33Cl2N3O3S. The molecule has 0 aliphatic heterocycles. The van der Waals surface area contributed by atoms with Crippen molar-refractivity contribution in [3.8, 4) is 16.9 Å². The van der Waals surface area contributed by atoms with Crippen molar-refractivity contribution >= 4 is 57.2 Å². The molecule has 0 saturated heterocycles. The summed E-state index contributed by atoms with van der Waals surface area (Å²) in [5.41, 5.74) is 8.70. The van der Waals surface area contributed by atoms with Crippen molar-refractivity contribution in [2.24, 2.45) is 5.73 Å². The first-order valence-electron chi connectivity index (χ1n) is 13.1. The van der Waals surface area contributed by atoms with E-state index in [0.717, 1.165) is 58.2 Å². The van der Waals surface area contributed by atoms with E-state index >= 15 is 0 Å². The average molecular weight is 599 g/mol. The van der Waals surface area contributed by atoms with Crippen molar-refractivity contribution in [1.82, 2.24) is 10.2 Å². The molecule has 1 fully saturated rings. The molecule has 1 aliphatic rings. The van der Waals surface area contributed by atoms with Gasteiger partial charge in [-0.25, -0.2) is 0 Å². The Kier molecular flexibility index (Phi) is 9.74. The van der Waals surface area contributed by atoms with Gasteiger partial charge in [-0.1, -0.05) is 48.0 Å². The molecule has 3 N–H and O–H groups in total. The van der Waals surface area contributed by atoms with Crippen LogP contribution in [0.2, 0.25) is 5.02 Å². The molecule has 5 rings (SSSR count). The van der Waals surface area contributed by atoms with Gasteiger partial charge < -0.3 is 20.7 Å². The molecule has 0 radical (unpaired) electrons. The van der Waals surface area contributed by atoms with Gasteiger partial charge in [0.25, 0.3) is 5.91 Å². The summed E-state index contributed by atoms with van der Waals surface area (Å²) in [5.74, 6) is 0.211. The molecule has 3 aromatic carbocycles. The number of benzene rings is 3. The van der Waals surface area contributed by atoms with Crippen LogP contribution in [0.5, 0.6) is 5.75 Å². The smallest absolute Gasteiger partial charge is 0.266 e. The van der Waals surface area contributed by atoms with Crippen LogP contribution in [0.25, 0.3) is 21.2 Å². The molecule has 1 aliphatic carbocycles. The molecule has 4 aromatic rings. The van der Waals surface area contributed by atoms with E-state index < -0.39 is 5.91 Å². The summed E-state index contributed by atoms with van der Waals surface area (Å²) in [7, 11) is 3.64. The van der Waals surface area contributed by atoms with Gasteiger partial charge in [0.2, 0.25) is 5.91 Å². The lowest BCUT2D eigenvalue weighted by Crippen LogP contribution is -2.44. The third-order valence-corrected chi connectivity index (χ3v) is 9.32. The Morgan fingerprint density at radius 2 is 1.70 bits per heavy atom. The number of nitrogens with two attached hydrogens (primary N) is 1. The molecular weight excluding hydrogens is 565 g/mol. The van der Waals surface area contributed by atoms with Crippen LogP contribution in [-0.4, -0.2) is 43.0 Å². The van der Waals surface area contributed by atoms with Crippen LogP contribution >= 0.6 is 35.3 Å². The van der Waals surface area contributed by atoms with Crippen LogP contribution in [-0.2, 0) is 6.54 Å². The van der Waals surface area contributed by atoms with Crippen LogP contribution in [0.1, 0.15) is 51.3 Å². The quantitative estimate of drug-likeness (QED) is 0.231. The largest absolute Gasteiger partial charge is 0.496 e. The fourth-order valence-corrected chi connectivity index (χ4v) is 6.89. The number of methoxy groups -OCH3 is 1. The molecule has 0 atom stereocenters. The number of nitrogens with one attached hydrogen (secondary N) is 1. The summed E-state index contributed by atoms with van der Waals surface area (Å²) in [4.78, 5) is 28.3. The normalized spacial score (nSPS) is 16.8. The van der Waals surface area contributed by atoms with E-state index in [2.05, 4.69) is 11.4 Å². The van der Waals surface area contributed by atoms with Gasteiger partial charge in [0, 0.05) is 39.8 Å². The maximum Gasteiger partial charge on any atom is 0.266 e. The van der Waals surface area contributed by atoms with Gasteiger partial charge in [-0.05, 0) is 74.2 Å². The standard InChI is InChI=1S/C31H32ClN3O3S.ClH/c1-34-23-12-14-24(15-13-23)35(31(37)29-28(32)25-5-3-4-6-27(25)39-29)18-22-17-21(11-16-26(22)38-2)19-7-9-20(10-8-19)30(33)36;/h3-11,16-17,23-24,34H,12-15,18H2,1-2H3,(H2,33,36);1H. The van der Waals surface area contributed by atoms with Crippen molar-refractivity contribution in [2.45, 2.75) is 44.3 Å². The highest BCUT2D eigenvalue weighted by atomic mass is 35.5. The van der Waals surface area contributed by atoms with Gasteiger partial charge in [0.05, 0.1) is 12.1 Å². The zero-order chi connectivity index (χ0) is 27.5. The topological polar surface area (TPSA) is 84.7 Å². The molecule has 40 heavy (non-hydrogen) atoms. The van der Waals surface area contributed by atoms with Crippen molar-refractivity contribution in [3.63, 3.8) is 0 Å². The molecule has 210 valence electrons. The van der Waals surface area contributed by atoms with Crippen molar-refractivity contribution in [1.29, 1.82) is 0 Å². The lowest BCUT2D eigenvalue weighted by molar-refractivity contribution is 0.0604. The van der Waals surface area contributed by atoms with E-state index in [1.54, 1.807) is 19.2 Å². The molecule has 0 spiro atoms. The van der Waals surface area contributed by atoms with E-state index in [1.165, 1.54) is 11.3 Å². The van der Waals surface area contributed by atoms with E-state index in [9.17, 15) is 9.59 Å². The molecule has 1 aromatic heterocycles. The SMILES string of the molecule is CNC1CCC(N(Cc2cc(-c3ccc(C(N)=O)cc3)ccc2OC)C(=O)c2sc3ccccc3c2Cl)CC1.Cl. The average Bonchev–Trinajstić information content (AvgIpc) is 3.32. The first-order chi connectivity index (χ1) is 18.9. The minimum Gasteiger partial charge on any atom is -0.496 e. The Morgan fingerprint density at radius 1 is 1.02 bits per heavy atom. The first-order valence-corrected chi connectivity index (χ1v) is 14.3. The summed E-state index contributed by atoms with van der Waals surface area (Å²) >= 11 is 8.23. The number of thiophene rings is 1. The summed E-state index contributed by atoms with van der Waals surface area (Å²) in [6.45, 7) is 0.397. The first kappa shape index (κ1) is 29.9. The van der Waals surface area contributed by atoms with Gasteiger partial charge in [-0.2, -0.15) is 0 Å². The Hall–Kier alpha value is -3.10. The maximum absolute atomic E-state index is 14.2. The molecule has 0 bridgehead atoms. The predicted molar refractivity (Wildman–Crippen MR) is 166 cm³/mol. The number of rotatable bonds is 8. The molecule has 9 heteroatoms. The van der Waals surface area contributed by atoms with Crippen molar-refractivity contribution in [3.05, 3.63) is 87.8 Å². The van der Waals surface area contributed by atoms with E-state index in [-0.39, 0.29) is 24.4 Å². The monoisotopic (exact) mass is 597 g/mol. The highest BCUT2D eigenvalue weighted by Gasteiger charge is 2.32. The second kappa shape index (κ2) is 13.0. The van der Waals surface area contributed by atoms with Gasteiger partial charge >= 0.3 is 0 Å². The maximum atomic E-state index is 14.2. The number of halogens is 2.